The first-order valence-corrected chi connectivity index (χ1v) is 3.86. The van der Waals surface area contributed by atoms with Crippen molar-refractivity contribution >= 4 is 17.6 Å². The van der Waals surface area contributed by atoms with Crippen molar-refractivity contribution in [3.05, 3.63) is 35.4 Å². The molecule has 0 N–H and O–H groups in total. The number of alkyl halides is 1. The normalized spacial score (nSPS) is 9.77. The molecule has 0 aliphatic carbocycles. The first-order valence-electron chi connectivity index (χ1n) is 3.32. The van der Waals surface area contributed by atoms with Crippen LogP contribution < -0.4 is 0 Å². The summed E-state index contributed by atoms with van der Waals surface area (Å²) >= 11 is 5.10. The molecule has 5 heteroatoms. The highest BCUT2D eigenvalue weighted by atomic mass is 35.5. The molecule has 0 aliphatic heterocycles. The molecule has 0 saturated heterocycles. The smallest absolute Gasteiger partial charge is 0.339 e. The summed E-state index contributed by atoms with van der Waals surface area (Å²) in [5.74, 6) is -2.52. The van der Waals surface area contributed by atoms with Crippen LogP contribution in [0, 0.1) is 11.6 Å². The lowest BCUT2D eigenvalue weighted by molar-refractivity contribution is 0.0573. The van der Waals surface area contributed by atoms with Gasteiger partial charge in [-0.3, -0.25) is 0 Å². The van der Waals surface area contributed by atoms with Crippen LogP contribution in [0.25, 0.3) is 0 Å². The topological polar surface area (TPSA) is 26.3 Å². The zero-order valence-corrected chi connectivity index (χ0v) is 7.15. The molecule has 1 aromatic rings. The van der Waals surface area contributed by atoms with Crippen molar-refractivity contribution < 1.29 is 18.3 Å². The minimum absolute atomic E-state index is 0.196. The summed E-state index contributed by atoms with van der Waals surface area (Å²) in [5, 5.41) is 0. The van der Waals surface area contributed by atoms with Gasteiger partial charge in [-0.05, 0) is 12.1 Å². The highest BCUT2D eigenvalue weighted by Gasteiger charge is 2.09. The lowest BCUT2D eigenvalue weighted by Crippen LogP contribution is -2.04. The zero-order chi connectivity index (χ0) is 9.84. The maximum Gasteiger partial charge on any atom is 0.339 e. The standard InChI is InChI=1S/C8H5ClF2O2/c9-4-13-8(12)5-1-6(10)3-7(11)2-5/h1-3H,4H2. The molecule has 1 aromatic carbocycles. The second-order valence-electron chi connectivity index (χ2n) is 2.20. The quantitative estimate of drug-likeness (QED) is 0.548. The van der Waals surface area contributed by atoms with Gasteiger partial charge in [-0.15, -0.1) is 0 Å². The Balaban J connectivity index is 2.94. The van der Waals surface area contributed by atoms with Crippen molar-refractivity contribution in [2.24, 2.45) is 0 Å². The van der Waals surface area contributed by atoms with E-state index >= 15 is 0 Å². The van der Waals surface area contributed by atoms with Gasteiger partial charge >= 0.3 is 5.97 Å². The first kappa shape index (κ1) is 9.92. The van der Waals surface area contributed by atoms with Crippen molar-refractivity contribution in [1.82, 2.24) is 0 Å². The zero-order valence-electron chi connectivity index (χ0n) is 6.39. The van der Waals surface area contributed by atoms with Crippen molar-refractivity contribution in [1.29, 1.82) is 0 Å². The van der Waals surface area contributed by atoms with Gasteiger partial charge in [-0.2, -0.15) is 0 Å². The van der Waals surface area contributed by atoms with Gasteiger partial charge in [0.2, 0.25) is 0 Å². The van der Waals surface area contributed by atoms with Crippen LogP contribution in [0.5, 0.6) is 0 Å². The fraction of sp³-hybridized carbons (Fsp3) is 0.125. The number of hydrogen-bond acceptors (Lipinski definition) is 2. The second kappa shape index (κ2) is 4.18. The lowest BCUT2D eigenvalue weighted by Gasteiger charge is -2.00. The summed E-state index contributed by atoms with van der Waals surface area (Å²) in [7, 11) is 0. The molecule has 1 rings (SSSR count). The minimum atomic E-state index is -0.853. The predicted molar refractivity (Wildman–Crippen MR) is 42.5 cm³/mol. The van der Waals surface area contributed by atoms with E-state index in [1.807, 2.05) is 0 Å². The molecule has 70 valence electrons. The van der Waals surface area contributed by atoms with E-state index in [1.54, 1.807) is 0 Å². The number of carbonyl (C=O) groups is 1. The molecule has 0 saturated carbocycles. The molecule has 0 fully saturated rings. The van der Waals surface area contributed by atoms with Crippen LogP contribution in [0.2, 0.25) is 0 Å². The SMILES string of the molecule is O=C(OCCl)c1cc(F)cc(F)c1. The van der Waals surface area contributed by atoms with Gasteiger partial charge < -0.3 is 4.74 Å². The van der Waals surface area contributed by atoms with Crippen LogP contribution in [0.4, 0.5) is 8.78 Å². The predicted octanol–water partition coefficient (Wildman–Crippen LogP) is 2.32. The van der Waals surface area contributed by atoms with Gasteiger partial charge in [-0.1, -0.05) is 11.6 Å². The molecule has 0 unspecified atom stereocenters. The lowest BCUT2D eigenvalue weighted by atomic mass is 10.2. The fourth-order valence-electron chi connectivity index (χ4n) is 0.805. The van der Waals surface area contributed by atoms with Crippen molar-refractivity contribution in [2.75, 3.05) is 6.07 Å². The highest BCUT2D eigenvalue weighted by Crippen LogP contribution is 2.09. The van der Waals surface area contributed by atoms with Gasteiger partial charge in [0, 0.05) is 6.07 Å². The average molecular weight is 207 g/mol. The van der Waals surface area contributed by atoms with E-state index in [4.69, 9.17) is 11.6 Å². The molecule has 2 nitrogen and oxygen atoms in total. The molecule has 0 amide bonds. The number of halogens is 3. The van der Waals surface area contributed by atoms with E-state index in [9.17, 15) is 13.6 Å². The fourth-order valence-corrected chi connectivity index (χ4v) is 0.904. The average Bonchev–Trinajstić information content (AvgIpc) is 2.03. The summed E-state index contributed by atoms with van der Waals surface area (Å²) in [6, 6.07) is 2.06. The molecular formula is C8H5ClF2O2. The summed E-state index contributed by atoms with van der Waals surface area (Å²) in [4.78, 5) is 10.9. The Hall–Kier alpha value is -1.16. The number of hydrogen-bond donors (Lipinski definition) is 0. The van der Waals surface area contributed by atoms with E-state index in [0.29, 0.717) is 6.07 Å². The summed E-state index contributed by atoms with van der Waals surface area (Å²) < 4.78 is 29.4. The van der Waals surface area contributed by atoms with E-state index in [-0.39, 0.29) is 11.6 Å². The molecule has 0 aromatic heterocycles. The molecule has 0 spiro atoms. The van der Waals surface area contributed by atoms with Gasteiger partial charge in [0.15, 0.2) is 6.07 Å². The summed E-state index contributed by atoms with van der Waals surface area (Å²) in [6.07, 6.45) is 0. The van der Waals surface area contributed by atoms with Gasteiger partial charge in [0.1, 0.15) is 11.6 Å². The Morgan fingerprint density at radius 3 is 2.31 bits per heavy atom. The third-order valence-corrected chi connectivity index (χ3v) is 1.39. The number of esters is 1. The number of ether oxygens (including phenoxy) is 1. The van der Waals surface area contributed by atoms with Crippen LogP contribution in [0.1, 0.15) is 10.4 Å². The first-order chi connectivity index (χ1) is 6.13. The summed E-state index contributed by atoms with van der Waals surface area (Å²) in [6.45, 7) is 0. The van der Waals surface area contributed by atoms with Crippen LogP contribution in [0.15, 0.2) is 18.2 Å². The molecule has 0 bridgehead atoms. The van der Waals surface area contributed by atoms with Crippen molar-refractivity contribution in [3.8, 4) is 0 Å². The molecular weight excluding hydrogens is 202 g/mol. The second-order valence-corrected chi connectivity index (χ2v) is 2.42. The van der Waals surface area contributed by atoms with E-state index in [1.165, 1.54) is 0 Å². The third-order valence-electron chi connectivity index (χ3n) is 1.28. The Kier molecular flexibility index (Phi) is 3.19. The number of rotatable bonds is 2. The minimum Gasteiger partial charge on any atom is -0.446 e. The van der Waals surface area contributed by atoms with E-state index in [2.05, 4.69) is 4.74 Å². The Labute approximate surface area is 78.1 Å². The molecule has 0 atom stereocenters. The van der Waals surface area contributed by atoms with Crippen molar-refractivity contribution in [2.45, 2.75) is 0 Å². The molecule has 0 radical (unpaired) electrons. The summed E-state index contributed by atoms with van der Waals surface area (Å²) in [5.41, 5.74) is -0.196. The molecule has 0 heterocycles. The largest absolute Gasteiger partial charge is 0.446 e. The maximum atomic E-state index is 12.5. The van der Waals surface area contributed by atoms with Gasteiger partial charge in [0.05, 0.1) is 5.56 Å². The Bertz CT molecular complexity index is 308. The van der Waals surface area contributed by atoms with Gasteiger partial charge in [-0.25, -0.2) is 13.6 Å². The van der Waals surface area contributed by atoms with Crippen LogP contribution in [-0.4, -0.2) is 12.0 Å². The van der Waals surface area contributed by atoms with E-state index in [0.717, 1.165) is 12.1 Å². The molecule has 0 aliphatic rings. The highest BCUT2D eigenvalue weighted by molar-refractivity contribution is 6.17. The third kappa shape index (κ3) is 2.66. The monoisotopic (exact) mass is 206 g/mol. The van der Waals surface area contributed by atoms with E-state index < -0.39 is 17.6 Å². The van der Waals surface area contributed by atoms with Crippen molar-refractivity contribution in [3.63, 3.8) is 0 Å². The maximum absolute atomic E-state index is 12.5. The van der Waals surface area contributed by atoms with Crippen LogP contribution >= 0.6 is 11.6 Å². The molecule has 13 heavy (non-hydrogen) atoms. The number of carbonyl (C=O) groups excluding carboxylic acids is 1. The van der Waals surface area contributed by atoms with Crippen LogP contribution in [0.3, 0.4) is 0 Å². The van der Waals surface area contributed by atoms with Crippen LogP contribution in [-0.2, 0) is 4.74 Å². The Morgan fingerprint density at radius 2 is 1.85 bits per heavy atom. The number of benzene rings is 1. The van der Waals surface area contributed by atoms with Gasteiger partial charge in [0.25, 0.3) is 0 Å². The Morgan fingerprint density at radius 1 is 1.31 bits per heavy atom.